The summed E-state index contributed by atoms with van der Waals surface area (Å²) >= 11 is 0. The van der Waals surface area contributed by atoms with Crippen molar-refractivity contribution >= 4 is 11.7 Å². The highest BCUT2D eigenvalue weighted by Gasteiger charge is 2.13. The molecule has 5 heteroatoms. The van der Waals surface area contributed by atoms with Crippen molar-refractivity contribution in [2.24, 2.45) is 0 Å². The Kier molecular flexibility index (Phi) is 5.71. The number of carbonyl (C=O) groups is 1. The quantitative estimate of drug-likeness (QED) is 0.676. The van der Waals surface area contributed by atoms with Gasteiger partial charge in [0.25, 0.3) is 0 Å². The van der Waals surface area contributed by atoms with Crippen LogP contribution in [-0.2, 0) is 0 Å². The van der Waals surface area contributed by atoms with E-state index in [0.717, 1.165) is 33.8 Å². The molecular formula is C22H23N3O2. The van der Waals surface area contributed by atoms with Crippen LogP contribution in [0, 0.1) is 6.92 Å². The van der Waals surface area contributed by atoms with E-state index in [-0.39, 0.29) is 12.1 Å². The van der Waals surface area contributed by atoms with Crippen molar-refractivity contribution in [3.8, 4) is 16.9 Å². The predicted molar refractivity (Wildman–Crippen MR) is 108 cm³/mol. The van der Waals surface area contributed by atoms with Crippen molar-refractivity contribution in [1.29, 1.82) is 0 Å². The number of aromatic nitrogens is 1. The number of rotatable bonds is 5. The number of hydrogen-bond acceptors (Lipinski definition) is 3. The Hall–Kier alpha value is -3.34. The van der Waals surface area contributed by atoms with Gasteiger partial charge >= 0.3 is 6.03 Å². The van der Waals surface area contributed by atoms with Gasteiger partial charge in [0, 0.05) is 23.1 Å². The third kappa shape index (κ3) is 4.64. The van der Waals surface area contributed by atoms with Gasteiger partial charge in [-0.2, -0.15) is 0 Å². The highest BCUT2D eigenvalue weighted by atomic mass is 16.5. The van der Waals surface area contributed by atoms with Gasteiger partial charge in [-0.1, -0.05) is 30.3 Å². The summed E-state index contributed by atoms with van der Waals surface area (Å²) in [5.74, 6) is 0.752. The van der Waals surface area contributed by atoms with Gasteiger partial charge in [0.15, 0.2) is 0 Å². The predicted octanol–water partition coefficient (Wildman–Crippen LogP) is 4.95. The molecular weight excluding hydrogens is 338 g/mol. The lowest BCUT2D eigenvalue weighted by Gasteiger charge is -2.17. The van der Waals surface area contributed by atoms with Gasteiger partial charge in [0.05, 0.1) is 13.2 Å². The first-order valence-electron chi connectivity index (χ1n) is 8.80. The molecule has 1 atom stereocenters. The van der Waals surface area contributed by atoms with Gasteiger partial charge in [-0.15, -0.1) is 0 Å². The zero-order chi connectivity index (χ0) is 19.2. The number of pyridine rings is 1. The van der Waals surface area contributed by atoms with E-state index in [4.69, 9.17) is 4.74 Å². The molecule has 0 bridgehead atoms. The number of hydrogen-bond donors (Lipinski definition) is 2. The van der Waals surface area contributed by atoms with Crippen molar-refractivity contribution in [2.45, 2.75) is 19.9 Å². The number of para-hydroxylation sites is 1. The molecule has 2 N–H and O–H groups in total. The Morgan fingerprint density at radius 3 is 2.48 bits per heavy atom. The van der Waals surface area contributed by atoms with Crippen molar-refractivity contribution < 1.29 is 9.53 Å². The molecule has 0 saturated carbocycles. The third-order valence-electron chi connectivity index (χ3n) is 4.33. The maximum atomic E-state index is 12.3. The molecule has 1 unspecified atom stereocenters. The smallest absolute Gasteiger partial charge is 0.319 e. The largest absolute Gasteiger partial charge is 0.496 e. The average Bonchev–Trinajstić information content (AvgIpc) is 2.68. The normalized spacial score (nSPS) is 11.5. The molecule has 5 nitrogen and oxygen atoms in total. The Morgan fingerprint density at radius 1 is 1.04 bits per heavy atom. The highest BCUT2D eigenvalue weighted by molar-refractivity contribution is 5.89. The Bertz CT molecular complexity index is 923. The molecule has 0 spiro atoms. The van der Waals surface area contributed by atoms with E-state index in [9.17, 15) is 4.79 Å². The van der Waals surface area contributed by atoms with Gasteiger partial charge in [0.2, 0.25) is 0 Å². The minimum atomic E-state index is -0.263. The summed E-state index contributed by atoms with van der Waals surface area (Å²) in [5, 5.41) is 5.80. The molecule has 3 aromatic rings. The van der Waals surface area contributed by atoms with Gasteiger partial charge in [-0.05, 0) is 55.3 Å². The minimum Gasteiger partial charge on any atom is -0.496 e. The number of nitrogens with one attached hydrogen (secondary N) is 2. The standard InChI is InChI=1S/C22H23N3O2/c1-15-14-18(12-13-23-15)17-8-10-19(11-9-17)25-22(26)24-16(2)20-6-4-5-7-21(20)27-3/h4-14,16H,1-3H3,(H2,24,25,26). The van der Waals surface area contributed by atoms with E-state index < -0.39 is 0 Å². The monoisotopic (exact) mass is 361 g/mol. The fraction of sp³-hybridized carbons (Fsp3) is 0.182. The molecule has 0 aliphatic rings. The van der Waals surface area contributed by atoms with Crippen LogP contribution in [0.2, 0.25) is 0 Å². The Balaban J connectivity index is 1.64. The summed E-state index contributed by atoms with van der Waals surface area (Å²) in [6.45, 7) is 3.89. The first kappa shape index (κ1) is 18.5. The van der Waals surface area contributed by atoms with E-state index in [1.807, 2.05) is 74.5 Å². The third-order valence-corrected chi connectivity index (χ3v) is 4.33. The number of benzene rings is 2. The minimum absolute atomic E-state index is 0.180. The fourth-order valence-corrected chi connectivity index (χ4v) is 2.94. The molecule has 0 radical (unpaired) electrons. The van der Waals surface area contributed by atoms with Gasteiger partial charge in [0.1, 0.15) is 5.75 Å². The zero-order valence-electron chi connectivity index (χ0n) is 15.7. The number of methoxy groups -OCH3 is 1. The molecule has 27 heavy (non-hydrogen) atoms. The van der Waals surface area contributed by atoms with Gasteiger partial charge in [-0.25, -0.2) is 4.79 Å². The van der Waals surface area contributed by atoms with Crippen LogP contribution in [0.5, 0.6) is 5.75 Å². The van der Waals surface area contributed by atoms with E-state index >= 15 is 0 Å². The van der Waals surface area contributed by atoms with Crippen LogP contribution in [0.25, 0.3) is 11.1 Å². The molecule has 0 saturated heterocycles. The number of nitrogens with zero attached hydrogens (tertiary/aromatic N) is 1. The molecule has 1 heterocycles. The SMILES string of the molecule is COc1ccccc1C(C)NC(=O)Nc1ccc(-c2ccnc(C)c2)cc1. The number of aryl methyl sites for hydroxylation is 1. The molecule has 0 aliphatic heterocycles. The lowest BCUT2D eigenvalue weighted by Crippen LogP contribution is -2.31. The first-order chi connectivity index (χ1) is 13.1. The lowest BCUT2D eigenvalue weighted by molar-refractivity contribution is 0.249. The second-order valence-electron chi connectivity index (χ2n) is 6.33. The van der Waals surface area contributed by atoms with Crippen LogP contribution in [0.3, 0.4) is 0 Å². The Labute approximate surface area is 159 Å². The van der Waals surface area contributed by atoms with Crippen LogP contribution < -0.4 is 15.4 Å². The zero-order valence-corrected chi connectivity index (χ0v) is 15.7. The number of ether oxygens (including phenoxy) is 1. The highest BCUT2D eigenvalue weighted by Crippen LogP contribution is 2.25. The van der Waals surface area contributed by atoms with Crippen LogP contribution in [-0.4, -0.2) is 18.1 Å². The first-order valence-corrected chi connectivity index (χ1v) is 8.80. The van der Waals surface area contributed by atoms with Crippen molar-refractivity contribution in [3.05, 3.63) is 78.1 Å². The molecule has 2 aromatic carbocycles. The second-order valence-corrected chi connectivity index (χ2v) is 6.33. The molecule has 3 rings (SSSR count). The number of amides is 2. The summed E-state index contributed by atoms with van der Waals surface area (Å²) in [6, 6.07) is 18.9. The van der Waals surface area contributed by atoms with E-state index in [1.54, 1.807) is 13.3 Å². The summed E-state index contributed by atoms with van der Waals surface area (Å²) in [5.41, 5.74) is 4.81. The van der Waals surface area contributed by atoms with E-state index in [1.165, 1.54) is 0 Å². The van der Waals surface area contributed by atoms with Gasteiger partial charge in [-0.3, -0.25) is 4.98 Å². The van der Waals surface area contributed by atoms with E-state index in [2.05, 4.69) is 15.6 Å². The molecule has 0 fully saturated rings. The lowest BCUT2D eigenvalue weighted by atomic mass is 10.1. The topological polar surface area (TPSA) is 63.2 Å². The van der Waals surface area contributed by atoms with Crippen LogP contribution in [0.15, 0.2) is 66.9 Å². The fourth-order valence-electron chi connectivity index (χ4n) is 2.94. The summed E-state index contributed by atoms with van der Waals surface area (Å²) < 4.78 is 5.35. The number of carbonyl (C=O) groups excluding carboxylic acids is 1. The maximum Gasteiger partial charge on any atom is 0.319 e. The molecule has 0 aliphatic carbocycles. The van der Waals surface area contributed by atoms with Crippen LogP contribution in [0.4, 0.5) is 10.5 Å². The second kappa shape index (κ2) is 8.36. The molecule has 1 aromatic heterocycles. The van der Waals surface area contributed by atoms with Gasteiger partial charge < -0.3 is 15.4 Å². The summed E-state index contributed by atoms with van der Waals surface area (Å²) in [7, 11) is 1.62. The summed E-state index contributed by atoms with van der Waals surface area (Å²) in [6.07, 6.45) is 1.80. The number of anilines is 1. The van der Waals surface area contributed by atoms with Crippen molar-refractivity contribution in [1.82, 2.24) is 10.3 Å². The van der Waals surface area contributed by atoms with Crippen LogP contribution >= 0.6 is 0 Å². The van der Waals surface area contributed by atoms with Crippen molar-refractivity contribution in [2.75, 3.05) is 12.4 Å². The molecule has 138 valence electrons. The van der Waals surface area contributed by atoms with Crippen LogP contribution in [0.1, 0.15) is 24.2 Å². The summed E-state index contributed by atoms with van der Waals surface area (Å²) in [4.78, 5) is 16.5. The average molecular weight is 361 g/mol. The van der Waals surface area contributed by atoms with E-state index in [0.29, 0.717) is 0 Å². The van der Waals surface area contributed by atoms with Crippen molar-refractivity contribution in [3.63, 3.8) is 0 Å². The maximum absolute atomic E-state index is 12.3. The Morgan fingerprint density at radius 2 is 1.78 bits per heavy atom. The number of urea groups is 1. The molecule has 2 amide bonds.